The first-order valence-electron chi connectivity index (χ1n) is 9.19. The summed E-state index contributed by atoms with van der Waals surface area (Å²) in [7, 11) is 0. The molecule has 3 aromatic rings. The van der Waals surface area contributed by atoms with Gasteiger partial charge in [-0.15, -0.1) is 0 Å². The number of carbonyl (C=O) groups is 2. The topological polar surface area (TPSA) is 166 Å². The highest BCUT2D eigenvalue weighted by atomic mass is 32.1. The van der Waals surface area contributed by atoms with E-state index in [2.05, 4.69) is 16.2 Å². The molecule has 0 radical (unpaired) electrons. The van der Waals surface area contributed by atoms with Crippen LogP contribution in [0, 0.1) is 20.2 Å². The van der Waals surface area contributed by atoms with Gasteiger partial charge in [0.1, 0.15) is 5.75 Å². The quantitative estimate of drug-likeness (QED) is 0.279. The van der Waals surface area contributed by atoms with Gasteiger partial charge in [-0.2, -0.15) is 0 Å². The molecule has 168 valence electrons. The number of ether oxygens (including phenoxy) is 1. The number of nitro benzene ring substituents is 2. The van der Waals surface area contributed by atoms with Crippen LogP contribution >= 0.6 is 12.2 Å². The van der Waals surface area contributed by atoms with Crippen molar-refractivity contribution >= 4 is 51.3 Å². The number of nitrogens with one attached hydrogen (secondary N) is 3. The van der Waals surface area contributed by atoms with Crippen molar-refractivity contribution in [2.45, 2.75) is 0 Å². The summed E-state index contributed by atoms with van der Waals surface area (Å²) >= 11 is 4.89. The number of rotatable bonds is 6. The number of fused-ring (bicyclic) bond motifs is 1. The van der Waals surface area contributed by atoms with Gasteiger partial charge in [0.05, 0.1) is 21.5 Å². The van der Waals surface area contributed by atoms with E-state index in [9.17, 15) is 29.8 Å². The minimum absolute atomic E-state index is 0.340. The van der Waals surface area contributed by atoms with Crippen molar-refractivity contribution in [2.24, 2.45) is 0 Å². The number of hydrogen-bond acceptors (Lipinski definition) is 8. The fraction of sp³-hybridized carbons (Fsp3) is 0.0500. The van der Waals surface area contributed by atoms with Gasteiger partial charge < -0.3 is 4.74 Å². The molecule has 0 bridgehead atoms. The van der Waals surface area contributed by atoms with E-state index < -0.39 is 33.0 Å². The van der Waals surface area contributed by atoms with Crippen molar-refractivity contribution < 1.29 is 24.2 Å². The maximum Gasteiger partial charge on any atom is 0.277 e. The largest absolute Gasteiger partial charge is 0.483 e. The lowest BCUT2D eigenvalue weighted by molar-refractivity contribution is -0.394. The highest BCUT2D eigenvalue weighted by Gasteiger charge is 2.20. The number of non-ortho nitro benzene ring substituents is 2. The first-order chi connectivity index (χ1) is 15.7. The Morgan fingerprint density at radius 2 is 1.55 bits per heavy atom. The standard InChI is InChI=1S/C20H15N5O7S/c26-18(11-32-17-7-3-5-12-4-1-2-6-16(12)17)22-23-20(33)21-19(27)13-8-14(24(28)29)10-15(9-13)25(30)31/h1-10H,11H2,(H,22,26)(H2,21,23,27,33). The first-order valence-corrected chi connectivity index (χ1v) is 9.60. The number of amides is 2. The third-order valence-electron chi connectivity index (χ3n) is 4.24. The fourth-order valence-electron chi connectivity index (χ4n) is 2.77. The van der Waals surface area contributed by atoms with E-state index in [0.29, 0.717) is 5.75 Å². The van der Waals surface area contributed by atoms with Gasteiger partial charge in [-0.1, -0.05) is 36.4 Å². The van der Waals surface area contributed by atoms with Gasteiger partial charge in [0.15, 0.2) is 11.7 Å². The summed E-state index contributed by atoms with van der Waals surface area (Å²) in [4.78, 5) is 44.4. The molecule has 0 spiro atoms. The smallest absolute Gasteiger partial charge is 0.277 e. The molecule has 0 aliphatic rings. The van der Waals surface area contributed by atoms with E-state index in [-0.39, 0.29) is 17.3 Å². The second-order valence-electron chi connectivity index (χ2n) is 6.47. The number of nitrogens with zero attached hydrogens (tertiary/aromatic N) is 2. The average Bonchev–Trinajstić information content (AvgIpc) is 2.80. The Labute approximate surface area is 190 Å². The SMILES string of the molecule is O=C(COc1cccc2ccccc12)NNC(=S)NC(=O)c1cc([N+](=O)[O-])cc([N+](=O)[O-])c1. The van der Waals surface area contributed by atoms with Crippen LogP contribution in [-0.2, 0) is 4.79 Å². The van der Waals surface area contributed by atoms with E-state index in [0.717, 1.165) is 29.0 Å². The molecule has 12 nitrogen and oxygen atoms in total. The molecule has 0 saturated carbocycles. The zero-order valence-corrected chi connectivity index (χ0v) is 17.5. The van der Waals surface area contributed by atoms with Crippen LogP contribution in [0.3, 0.4) is 0 Å². The van der Waals surface area contributed by atoms with Gasteiger partial charge in [0, 0.05) is 17.5 Å². The van der Waals surface area contributed by atoms with E-state index in [1.54, 1.807) is 12.1 Å². The minimum Gasteiger partial charge on any atom is -0.483 e. The lowest BCUT2D eigenvalue weighted by atomic mass is 10.1. The molecule has 0 aliphatic heterocycles. The summed E-state index contributed by atoms with van der Waals surface area (Å²) in [6, 6.07) is 15.3. The third-order valence-corrected chi connectivity index (χ3v) is 4.44. The second-order valence-corrected chi connectivity index (χ2v) is 6.88. The molecular weight excluding hydrogens is 454 g/mol. The van der Waals surface area contributed by atoms with E-state index in [1.807, 2.05) is 30.3 Å². The van der Waals surface area contributed by atoms with Gasteiger partial charge in [0.2, 0.25) is 0 Å². The summed E-state index contributed by atoms with van der Waals surface area (Å²) in [5.74, 6) is -1.04. The second kappa shape index (κ2) is 10.1. The summed E-state index contributed by atoms with van der Waals surface area (Å²) in [6.07, 6.45) is 0. The Balaban J connectivity index is 1.54. The van der Waals surface area contributed by atoms with Crippen molar-refractivity contribution in [1.29, 1.82) is 0 Å². The van der Waals surface area contributed by atoms with Crippen molar-refractivity contribution in [3.63, 3.8) is 0 Å². The normalized spacial score (nSPS) is 10.2. The molecule has 13 heteroatoms. The summed E-state index contributed by atoms with van der Waals surface area (Å²) in [5.41, 5.74) is 2.89. The van der Waals surface area contributed by atoms with E-state index >= 15 is 0 Å². The predicted octanol–water partition coefficient (Wildman–Crippen LogP) is 2.37. The predicted molar refractivity (Wildman–Crippen MR) is 121 cm³/mol. The van der Waals surface area contributed by atoms with Gasteiger partial charge >= 0.3 is 0 Å². The number of benzene rings is 3. The average molecular weight is 469 g/mol. The molecule has 0 aliphatic carbocycles. The molecule has 3 rings (SSSR count). The van der Waals surface area contributed by atoms with Gasteiger partial charge in [-0.05, 0) is 23.7 Å². The Morgan fingerprint density at radius 3 is 2.21 bits per heavy atom. The molecular formula is C20H15N5O7S. The van der Waals surface area contributed by atoms with E-state index in [1.165, 1.54) is 0 Å². The van der Waals surface area contributed by atoms with Crippen molar-refractivity contribution in [2.75, 3.05) is 6.61 Å². The zero-order chi connectivity index (χ0) is 24.0. The van der Waals surface area contributed by atoms with Crippen LogP contribution in [0.25, 0.3) is 10.8 Å². The van der Waals surface area contributed by atoms with Crippen LogP contribution in [0.5, 0.6) is 5.75 Å². The van der Waals surface area contributed by atoms with Crippen molar-refractivity contribution in [1.82, 2.24) is 16.2 Å². The van der Waals surface area contributed by atoms with Gasteiger partial charge in [0.25, 0.3) is 23.2 Å². The van der Waals surface area contributed by atoms with Crippen LogP contribution in [-0.4, -0.2) is 33.4 Å². The lowest BCUT2D eigenvalue weighted by Gasteiger charge is -2.12. The molecule has 3 aromatic carbocycles. The maximum absolute atomic E-state index is 12.3. The maximum atomic E-state index is 12.3. The van der Waals surface area contributed by atoms with Gasteiger partial charge in [-0.25, -0.2) is 0 Å². The summed E-state index contributed by atoms with van der Waals surface area (Å²) in [5, 5.41) is 25.5. The number of carbonyl (C=O) groups excluding carboxylic acids is 2. The highest BCUT2D eigenvalue weighted by Crippen LogP contribution is 2.25. The van der Waals surface area contributed by atoms with Crippen LogP contribution in [0.4, 0.5) is 11.4 Å². The van der Waals surface area contributed by atoms with E-state index in [4.69, 9.17) is 17.0 Å². The molecule has 0 unspecified atom stereocenters. The molecule has 33 heavy (non-hydrogen) atoms. The Hall–Kier alpha value is -4.65. The van der Waals surface area contributed by atoms with Crippen molar-refractivity contribution in [3.8, 4) is 5.75 Å². The van der Waals surface area contributed by atoms with Crippen LogP contribution in [0.15, 0.2) is 60.7 Å². The molecule has 3 N–H and O–H groups in total. The Kier molecular flexibility index (Phi) is 7.05. The first kappa shape index (κ1) is 23.0. The summed E-state index contributed by atoms with van der Waals surface area (Å²) in [6.45, 7) is -0.353. The lowest BCUT2D eigenvalue weighted by Crippen LogP contribution is -2.49. The molecule has 0 aromatic heterocycles. The fourth-order valence-corrected chi connectivity index (χ4v) is 2.91. The van der Waals surface area contributed by atoms with Crippen LogP contribution in [0.2, 0.25) is 0 Å². The van der Waals surface area contributed by atoms with Gasteiger partial charge in [-0.3, -0.25) is 46.0 Å². The number of hydrogen-bond donors (Lipinski definition) is 3. The monoisotopic (exact) mass is 469 g/mol. The highest BCUT2D eigenvalue weighted by molar-refractivity contribution is 7.80. The molecule has 0 fully saturated rings. The van der Waals surface area contributed by atoms with Crippen molar-refractivity contribution in [3.05, 3.63) is 86.5 Å². The summed E-state index contributed by atoms with van der Waals surface area (Å²) < 4.78 is 5.52. The molecule has 0 heterocycles. The number of hydrazine groups is 1. The van der Waals surface area contributed by atoms with Crippen LogP contribution < -0.4 is 20.9 Å². The molecule has 0 atom stereocenters. The minimum atomic E-state index is -0.944. The Bertz CT molecular complexity index is 1240. The third kappa shape index (κ3) is 5.95. The zero-order valence-electron chi connectivity index (χ0n) is 16.6. The Morgan fingerprint density at radius 1 is 0.909 bits per heavy atom. The molecule has 2 amide bonds. The number of nitro groups is 2. The molecule has 0 saturated heterocycles. The van der Waals surface area contributed by atoms with Crippen LogP contribution in [0.1, 0.15) is 10.4 Å². The number of thiocarbonyl (C=S) groups is 1.